The van der Waals surface area contributed by atoms with Crippen LogP contribution in [0.5, 0.6) is 11.5 Å². The summed E-state index contributed by atoms with van der Waals surface area (Å²) in [5.74, 6) is 0.946. The van der Waals surface area contributed by atoms with Crippen LogP contribution in [0, 0.1) is 0 Å². The third-order valence-electron chi connectivity index (χ3n) is 3.03. The van der Waals surface area contributed by atoms with E-state index in [-0.39, 0.29) is 5.54 Å². The van der Waals surface area contributed by atoms with Crippen molar-refractivity contribution >= 4 is 5.91 Å². The van der Waals surface area contributed by atoms with Gasteiger partial charge in [0.1, 0.15) is 11.5 Å². The summed E-state index contributed by atoms with van der Waals surface area (Å²) in [7, 11) is 1.62. The lowest BCUT2D eigenvalue weighted by Gasteiger charge is -2.23. The minimum Gasteiger partial charge on any atom is -0.497 e. The Bertz CT molecular complexity index is 481. The van der Waals surface area contributed by atoms with Gasteiger partial charge in [0.15, 0.2) is 6.10 Å². The van der Waals surface area contributed by atoms with Gasteiger partial charge in [-0.2, -0.15) is 0 Å². The number of ether oxygens (including phenoxy) is 2. The highest BCUT2D eigenvalue weighted by Gasteiger charge is 2.18. The highest BCUT2D eigenvalue weighted by atomic mass is 16.5. The average molecular weight is 294 g/mol. The first-order valence-corrected chi connectivity index (χ1v) is 7.14. The summed E-state index contributed by atoms with van der Waals surface area (Å²) in [6.45, 7) is 8.75. The number of primary amides is 1. The minimum atomic E-state index is -0.619. The van der Waals surface area contributed by atoms with Gasteiger partial charge in [0.2, 0.25) is 0 Å². The molecule has 0 aliphatic rings. The fourth-order valence-electron chi connectivity index (χ4n) is 1.79. The minimum absolute atomic E-state index is 0.0197. The van der Waals surface area contributed by atoms with E-state index in [0.717, 1.165) is 11.3 Å². The molecule has 0 saturated carbocycles. The van der Waals surface area contributed by atoms with Crippen molar-refractivity contribution in [3.05, 3.63) is 23.8 Å². The lowest BCUT2D eigenvalue weighted by atomic mass is 10.1. The third kappa shape index (κ3) is 5.63. The second-order valence-electron chi connectivity index (χ2n) is 5.99. The number of hydrogen-bond acceptors (Lipinski definition) is 4. The standard InChI is InChI=1S/C16H26N2O3/c1-6-13(15(17)19)21-14-8-7-12(20-5)9-11(14)10-18-16(2,3)4/h7-9,13,18H,6,10H2,1-5H3,(H2,17,19). The average Bonchev–Trinajstić information content (AvgIpc) is 2.41. The van der Waals surface area contributed by atoms with Crippen molar-refractivity contribution in [3.63, 3.8) is 0 Å². The van der Waals surface area contributed by atoms with E-state index in [4.69, 9.17) is 15.2 Å². The van der Waals surface area contributed by atoms with E-state index >= 15 is 0 Å². The van der Waals surface area contributed by atoms with E-state index in [2.05, 4.69) is 26.1 Å². The summed E-state index contributed by atoms with van der Waals surface area (Å²) >= 11 is 0. The zero-order valence-corrected chi connectivity index (χ0v) is 13.5. The Morgan fingerprint density at radius 1 is 1.38 bits per heavy atom. The molecule has 0 heterocycles. The SMILES string of the molecule is CCC(Oc1ccc(OC)cc1CNC(C)(C)C)C(N)=O. The Hall–Kier alpha value is -1.75. The van der Waals surface area contributed by atoms with Crippen LogP contribution in [-0.4, -0.2) is 24.7 Å². The molecule has 0 saturated heterocycles. The van der Waals surface area contributed by atoms with Gasteiger partial charge < -0.3 is 20.5 Å². The second kappa shape index (κ2) is 7.31. The molecule has 0 fully saturated rings. The maximum Gasteiger partial charge on any atom is 0.258 e. The predicted molar refractivity (Wildman–Crippen MR) is 83.5 cm³/mol. The number of carbonyl (C=O) groups excluding carboxylic acids is 1. The molecule has 5 nitrogen and oxygen atoms in total. The van der Waals surface area contributed by atoms with Crippen molar-refractivity contribution < 1.29 is 14.3 Å². The van der Waals surface area contributed by atoms with Crippen LogP contribution in [0.3, 0.4) is 0 Å². The summed E-state index contributed by atoms with van der Waals surface area (Å²) in [6, 6.07) is 5.52. The first-order valence-electron chi connectivity index (χ1n) is 7.14. The van der Waals surface area contributed by atoms with Gasteiger partial charge in [-0.3, -0.25) is 4.79 Å². The van der Waals surface area contributed by atoms with Gasteiger partial charge in [-0.1, -0.05) is 6.92 Å². The number of benzene rings is 1. The lowest BCUT2D eigenvalue weighted by molar-refractivity contribution is -0.124. The Labute approximate surface area is 126 Å². The quantitative estimate of drug-likeness (QED) is 0.808. The van der Waals surface area contributed by atoms with Crippen molar-refractivity contribution in [2.24, 2.45) is 5.73 Å². The maximum atomic E-state index is 11.3. The van der Waals surface area contributed by atoms with Crippen molar-refractivity contribution in [2.45, 2.75) is 52.3 Å². The van der Waals surface area contributed by atoms with Gasteiger partial charge in [-0.25, -0.2) is 0 Å². The molecule has 0 spiro atoms. The Morgan fingerprint density at radius 3 is 2.52 bits per heavy atom. The van der Waals surface area contributed by atoms with Crippen molar-refractivity contribution in [3.8, 4) is 11.5 Å². The summed E-state index contributed by atoms with van der Waals surface area (Å²) in [6.07, 6.45) is -0.0835. The first kappa shape index (κ1) is 17.3. The molecule has 21 heavy (non-hydrogen) atoms. The van der Waals surface area contributed by atoms with Crippen molar-refractivity contribution in [2.75, 3.05) is 7.11 Å². The number of methoxy groups -OCH3 is 1. The molecule has 0 aromatic heterocycles. The number of amides is 1. The maximum absolute atomic E-state index is 11.3. The number of rotatable bonds is 7. The number of hydrogen-bond donors (Lipinski definition) is 2. The van der Waals surface area contributed by atoms with Gasteiger partial charge in [-0.15, -0.1) is 0 Å². The van der Waals surface area contributed by atoms with Crippen LogP contribution in [0.2, 0.25) is 0 Å². The number of nitrogens with one attached hydrogen (secondary N) is 1. The molecule has 118 valence electrons. The highest BCUT2D eigenvalue weighted by Crippen LogP contribution is 2.26. The second-order valence-corrected chi connectivity index (χ2v) is 5.99. The van der Waals surface area contributed by atoms with Crippen LogP contribution in [0.1, 0.15) is 39.7 Å². The molecule has 1 amide bonds. The molecule has 1 rings (SSSR count). The summed E-state index contributed by atoms with van der Waals surface area (Å²) < 4.78 is 11.0. The largest absolute Gasteiger partial charge is 0.497 e. The number of nitrogens with two attached hydrogens (primary N) is 1. The zero-order valence-electron chi connectivity index (χ0n) is 13.5. The molecule has 1 aromatic carbocycles. The predicted octanol–water partition coefficient (Wildman–Crippen LogP) is 2.23. The van der Waals surface area contributed by atoms with Crippen LogP contribution >= 0.6 is 0 Å². The molecule has 1 unspecified atom stereocenters. The van der Waals surface area contributed by atoms with E-state index in [1.807, 2.05) is 25.1 Å². The summed E-state index contributed by atoms with van der Waals surface area (Å²) in [5.41, 5.74) is 6.25. The monoisotopic (exact) mass is 294 g/mol. The van der Waals surface area contributed by atoms with E-state index in [1.54, 1.807) is 7.11 Å². The van der Waals surface area contributed by atoms with Crippen LogP contribution in [0.4, 0.5) is 0 Å². The molecule has 0 aliphatic heterocycles. The highest BCUT2D eigenvalue weighted by molar-refractivity contribution is 5.79. The van der Waals surface area contributed by atoms with Crippen LogP contribution in [0.25, 0.3) is 0 Å². The van der Waals surface area contributed by atoms with Crippen LogP contribution < -0.4 is 20.5 Å². The summed E-state index contributed by atoms with van der Waals surface area (Å²) in [5, 5.41) is 3.40. The van der Waals surface area contributed by atoms with Crippen LogP contribution in [0.15, 0.2) is 18.2 Å². The molecular weight excluding hydrogens is 268 g/mol. The summed E-state index contributed by atoms with van der Waals surface area (Å²) in [4.78, 5) is 11.3. The van der Waals surface area contributed by atoms with Crippen LogP contribution in [-0.2, 0) is 11.3 Å². The number of carbonyl (C=O) groups is 1. The fraction of sp³-hybridized carbons (Fsp3) is 0.562. The normalized spacial score (nSPS) is 12.8. The van der Waals surface area contributed by atoms with Gasteiger partial charge in [-0.05, 0) is 45.4 Å². The van der Waals surface area contributed by atoms with E-state index in [1.165, 1.54) is 0 Å². The topological polar surface area (TPSA) is 73.6 Å². The Balaban J connectivity index is 2.98. The van der Waals surface area contributed by atoms with Gasteiger partial charge >= 0.3 is 0 Å². The zero-order chi connectivity index (χ0) is 16.0. The van der Waals surface area contributed by atoms with Crippen molar-refractivity contribution in [1.29, 1.82) is 0 Å². The molecule has 1 aromatic rings. The van der Waals surface area contributed by atoms with Gasteiger partial charge in [0.25, 0.3) is 5.91 Å². The van der Waals surface area contributed by atoms with Gasteiger partial charge in [0, 0.05) is 17.6 Å². The first-order chi connectivity index (χ1) is 9.76. The molecule has 0 radical (unpaired) electrons. The lowest BCUT2D eigenvalue weighted by Crippen LogP contribution is -2.36. The third-order valence-corrected chi connectivity index (χ3v) is 3.03. The van der Waals surface area contributed by atoms with E-state index in [9.17, 15) is 4.79 Å². The van der Waals surface area contributed by atoms with Gasteiger partial charge in [0.05, 0.1) is 7.11 Å². The molecular formula is C16H26N2O3. The Morgan fingerprint density at radius 2 is 2.05 bits per heavy atom. The molecule has 1 atom stereocenters. The smallest absolute Gasteiger partial charge is 0.258 e. The Kier molecular flexibility index (Phi) is 6.03. The van der Waals surface area contributed by atoms with Crippen molar-refractivity contribution in [1.82, 2.24) is 5.32 Å². The van der Waals surface area contributed by atoms with E-state index < -0.39 is 12.0 Å². The molecule has 3 N–H and O–H groups in total. The molecule has 0 bridgehead atoms. The molecule has 5 heteroatoms. The van der Waals surface area contributed by atoms with E-state index in [0.29, 0.717) is 18.7 Å². The fourth-order valence-corrected chi connectivity index (χ4v) is 1.79. The molecule has 0 aliphatic carbocycles.